The Balaban J connectivity index is 2.92. The van der Waals surface area contributed by atoms with Crippen molar-refractivity contribution in [1.29, 1.82) is 0 Å². The highest BCUT2D eigenvalue weighted by Gasteiger charge is 1.94. The van der Waals surface area contributed by atoms with Crippen molar-refractivity contribution in [3.05, 3.63) is 0 Å². The molecule has 0 radical (unpaired) electrons. The number of hydrogen-bond donors (Lipinski definition) is 0. The van der Waals surface area contributed by atoms with E-state index >= 15 is 0 Å². The lowest BCUT2D eigenvalue weighted by Gasteiger charge is -2.12. The second kappa shape index (κ2) is 12.0. The molecular weight excluding hydrogens is 186 g/mol. The molecule has 92 valence electrons. The van der Waals surface area contributed by atoms with Gasteiger partial charge in [0.25, 0.3) is 0 Å². The fourth-order valence-corrected chi connectivity index (χ4v) is 1.48. The first-order valence-electron chi connectivity index (χ1n) is 6.57. The van der Waals surface area contributed by atoms with Gasteiger partial charge in [0, 0.05) is 13.2 Å². The van der Waals surface area contributed by atoms with Crippen LogP contribution in [-0.4, -0.2) is 38.3 Å². The van der Waals surface area contributed by atoms with Crippen molar-refractivity contribution in [3.8, 4) is 0 Å². The minimum atomic E-state index is 0.958. The molecule has 2 nitrogen and oxygen atoms in total. The van der Waals surface area contributed by atoms with Crippen molar-refractivity contribution >= 4 is 0 Å². The first kappa shape index (κ1) is 14.9. The lowest BCUT2D eigenvalue weighted by atomic mass is 10.2. The van der Waals surface area contributed by atoms with Crippen molar-refractivity contribution in [2.75, 3.05) is 33.4 Å². The average Bonchev–Trinajstić information content (AvgIpc) is 2.26. The minimum absolute atomic E-state index is 0.958. The highest BCUT2D eigenvalue weighted by atomic mass is 16.5. The van der Waals surface area contributed by atoms with Gasteiger partial charge in [-0.2, -0.15) is 0 Å². The summed E-state index contributed by atoms with van der Waals surface area (Å²) >= 11 is 0. The summed E-state index contributed by atoms with van der Waals surface area (Å²) < 4.78 is 5.56. The largest absolute Gasteiger partial charge is 0.381 e. The van der Waals surface area contributed by atoms with Gasteiger partial charge in [-0.3, -0.25) is 0 Å². The van der Waals surface area contributed by atoms with Gasteiger partial charge in [-0.15, -0.1) is 0 Å². The molecule has 0 aliphatic rings. The Morgan fingerprint density at radius 1 is 0.867 bits per heavy atom. The van der Waals surface area contributed by atoms with E-state index in [1.165, 1.54) is 45.1 Å². The molecule has 0 aliphatic heterocycles. The molecule has 0 fully saturated rings. The first-order valence-corrected chi connectivity index (χ1v) is 6.57. The third-order valence-electron chi connectivity index (χ3n) is 2.76. The van der Waals surface area contributed by atoms with Crippen LogP contribution in [0.25, 0.3) is 0 Å². The van der Waals surface area contributed by atoms with Crippen molar-refractivity contribution < 1.29 is 4.74 Å². The second-order valence-electron chi connectivity index (χ2n) is 4.28. The molecule has 0 saturated carbocycles. The summed E-state index contributed by atoms with van der Waals surface area (Å²) in [4.78, 5) is 2.36. The van der Waals surface area contributed by atoms with Crippen molar-refractivity contribution in [1.82, 2.24) is 4.90 Å². The molecule has 0 aromatic carbocycles. The monoisotopic (exact) mass is 215 g/mol. The third kappa shape index (κ3) is 11.8. The van der Waals surface area contributed by atoms with E-state index in [2.05, 4.69) is 25.8 Å². The fourth-order valence-electron chi connectivity index (χ4n) is 1.48. The number of nitrogens with zero attached hydrogens (tertiary/aromatic N) is 1. The summed E-state index contributed by atoms with van der Waals surface area (Å²) in [6, 6.07) is 0. The molecule has 0 aromatic heterocycles. The van der Waals surface area contributed by atoms with E-state index in [4.69, 9.17) is 4.74 Å². The second-order valence-corrected chi connectivity index (χ2v) is 4.28. The normalized spacial score (nSPS) is 11.2. The Morgan fingerprint density at radius 3 is 2.13 bits per heavy atom. The van der Waals surface area contributed by atoms with Crippen LogP contribution < -0.4 is 0 Å². The number of rotatable bonds is 11. The van der Waals surface area contributed by atoms with Crippen LogP contribution in [0.15, 0.2) is 0 Å². The number of hydrogen-bond acceptors (Lipinski definition) is 2. The van der Waals surface area contributed by atoms with Gasteiger partial charge in [-0.05, 0) is 45.8 Å². The van der Waals surface area contributed by atoms with Crippen molar-refractivity contribution in [2.24, 2.45) is 0 Å². The highest BCUT2D eigenvalue weighted by molar-refractivity contribution is 4.48. The average molecular weight is 215 g/mol. The van der Waals surface area contributed by atoms with E-state index in [9.17, 15) is 0 Å². The SMILES string of the molecule is CCCCCOCCCCCN(C)CC. The van der Waals surface area contributed by atoms with Gasteiger partial charge < -0.3 is 9.64 Å². The third-order valence-corrected chi connectivity index (χ3v) is 2.76. The van der Waals surface area contributed by atoms with Crippen LogP contribution in [0.5, 0.6) is 0 Å². The highest BCUT2D eigenvalue weighted by Crippen LogP contribution is 1.99. The zero-order chi connectivity index (χ0) is 11.4. The van der Waals surface area contributed by atoms with Crippen LogP contribution >= 0.6 is 0 Å². The molecule has 15 heavy (non-hydrogen) atoms. The van der Waals surface area contributed by atoms with Gasteiger partial charge in [0.15, 0.2) is 0 Å². The van der Waals surface area contributed by atoms with Crippen LogP contribution in [0.3, 0.4) is 0 Å². The quantitative estimate of drug-likeness (QED) is 0.490. The smallest absolute Gasteiger partial charge is 0.0466 e. The Bertz CT molecular complexity index is 117. The van der Waals surface area contributed by atoms with Gasteiger partial charge in [0.2, 0.25) is 0 Å². The molecular formula is C13H29NO. The molecule has 0 N–H and O–H groups in total. The zero-order valence-corrected chi connectivity index (χ0v) is 10.9. The molecule has 0 heterocycles. The molecule has 0 bridgehead atoms. The van der Waals surface area contributed by atoms with E-state index in [1.807, 2.05) is 0 Å². The zero-order valence-electron chi connectivity index (χ0n) is 10.9. The first-order chi connectivity index (χ1) is 7.31. The molecule has 0 amide bonds. The number of unbranched alkanes of at least 4 members (excludes halogenated alkanes) is 4. The lowest BCUT2D eigenvalue weighted by molar-refractivity contribution is 0.125. The lowest BCUT2D eigenvalue weighted by Crippen LogP contribution is -2.18. The molecule has 0 saturated heterocycles. The summed E-state index contributed by atoms with van der Waals surface area (Å²) in [5.41, 5.74) is 0. The van der Waals surface area contributed by atoms with Gasteiger partial charge in [0.1, 0.15) is 0 Å². The maximum Gasteiger partial charge on any atom is 0.0466 e. The Morgan fingerprint density at radius 2 is 1.53 bits per heavy atom. The molecule has 0 aliphatic carbocycles. The summed E-state index contributed by atoms with van der Waals surface area (Å²) in [7, 11) is 2.18. The van der Waals surface area contributed by atoms with Crippen LogP contribution in [0, 0.1) is 0 Å². The van der Waals surface area contributed by atoms with Crippen LogP contribution in [0.4, 0.5) is 0 Å². The van der Waals surface area contributed by atoms with Gasteiger partial charge in [-0.25, -0.2) is 0 Å². The van der Waals surface area contributed by atoms with Crippen LogP contribution in [-0.2, 0) is 4.74 Å². The number of ether oxygens (including phenoxy) is 1. The molecule has 0 spiro atoms. The van der Waals surface area contributed by atoms with Gasteiger partial charge in [-0.1, -0.05) is 26.7 Å². The molecule has 0 rings (SSSR count). The maximum absolute atomic E-state index is 5.56. The van der Waals surface area contributed by atoms with E-state index in [1.54, 1.807) is 0 Å². The summed E-state index contributed by atoms with van der Waals surface area (Å²) in [6.45, 7) is 8.74. The minimum Gasteiger partial charge on any atom is -0.381 e. The van der Waals surface area contributed by atoms with Crippen LogP contribution in [0.1, 0.15) is 52.4 Å². The standard InChI is InChI=1S/C13H29NO/c1-4-6-9-12-15-13-10-7-8-11-14(3)5-2/h4-13H2,1-3H3. The van der Waals surface area contributed by atoms with Crippen LogP contribution in [0.2, 0.25) is 0 Å². The Kier molecular flexibility index (Phi) is 11.9. The Labute approximate surface area is 96.0 Å². The van der Waals surface area contributed by atoms with Gasteiger partial charge >= 0.3 is 0 Å². The van der Waals surface area contributed by atoms with E-state index in [-0.39, 0.29) is 0 Å². The molecule has 0 aromatic rings. The van der Waals surface area contributed by atoms with Crippen molar-refractivity contribution in [2.45, 2.75) is 52.4 Å². The maximum atomic E-state index is 5.56. The molecule has 0 atom stereocenters. The van der Waals surface area contributed by atoms with E-state index < -0.39 is 0 Å². The van der Waals surface area contributed by atoms with E-state index in [0.29, 0.717) is 0 Å². The molecule has 0 unspecified atom stereocenters. The fraction of sp³-hybridized carbons (Fsp3) is 1.00. The summed E-state index contributed by atoms with van der Waals surface area (Å²) in [5.74, 6) is 0. The predicted molar refractivity (Wildman–Crippen MR) is 67.4 cm³/mol. The molecule has 2 heteroatoms. The van der Waals surface area contributed by atoms with Gasteiger partial charge in [0.05, 0.1) is 0 Å². The summed E-state index contributed by atoms with van der Waals surface area (Å²) in [5, 5.41) is 0. The van der Waals surface area contributed by atoms with Crippen molar-refractivity contribution in [3.63, 3.8) is 0 Å². The predicted octanol–water partition coefficient (Wildman–Crippen LogP) is 3.32. The summed E-state index contributed by atoms with van der Waals surface area (Å²) in [6.07, 6.45) is 7.66. The topological polar surface area (TPSA) is 12.5 Å². The van der Waals surface area contributed by atoms with E-state index in [0.717, 1.165) is 19.8 Å². The Hall–Kier alpha value is -0.0800.